The molecule has 0 radical (unpaired) electrons. The van der Waals surface area contributed by atoms with Crippen molar-refractivity contribution in [3.8, 4) is 0 Å². The summed E-state index contributed by atoms with van der Waals surface area (Å²) >= 11 is 0. The Hall–Kier alpha value is -2.30. The standard InChI is InChI=1S/H4N13P/c1-4-7-10-13-14(11-8-5-2)12-9-6-3/h1-2H,(H2,3,9)/b4-1?,5-2?,10-7+,11-8+. The van der Waals surface area contributed by atoms with E-state index >= 15 is 0 Å². The van der Waals surface area contributed by atoms with Crippen LogP contribution in [0.15, 0.2) is 51.2 Å². The van der Waals surface area contributed by atoms with Gasteiger partial charge in [0.25, 0.3) is 7.66 Å². The van der Waals surface area contributed by atoms with Gasteiger partial charge in [-0.15, -0.1) is 0 Å². The summed E-state index contributed by atoms with van der Waals surface area (Å²) in [6.07, 6.45) is 0. The second-order valence-electron chi connectivity index (χ2n) is 1.21. The Bertz CT molecular complexity index is 332. The molecule has 0 bridgehead atoms. The fourth-order valence-electron chi connectivity index (χ4n) is 0.242. The smallest absolute Gasteiger partial charge is 0.261 e. The molecule has 14 heteroatoms. The van der Waals surface area contributed by atoms with E-state index < -0.39 is 7.66 Å². The molecule has 0 aromatic rings. The average Bonchev–Trinajstić information content (AvgIpc) is 2.21. The van der Waals surface area contributed by atoms with Crippen molar-refractivity contribution in [3.05, 3.63) is 0 Å². The van der Waals surface area contributed by atoms with Crippen molar-refractivity contribution in [1.82, 2.24) is 0 Å². The second kappa shape index (κ2) is 8.79. The Morgan fingerprint density at radius 1 is 0.857 bits per heavy atom. The molecule has 1 atom stereocenters. The van der Waals surface area contributed by atoms with Crippen molar-refractivity contribution >= 4 is 7.66 Å². The number of hydrogen-bond donors (Lipinski definition) is 3. The molecule has 74 valence electrons. The average molecular weight is 217 g/mol. The molecule has 0 aliphatic rings. The van der Waals surface area contributed by atoms with Crippen LogP contribution in [0.3, 0.4) is 0 Å². The van der Waals surface area contributed by atoms with Crippen LogP contribution in [0.4, 0.5) is 0 Å². The fraction of sp³-hybridized carbons (Fsp3) is 0. The molecule has 0 aromatic heterocycles. The lowest BCUT2D eigenvalue weighted by Gasteiger charge is -1.74. The zero-order valence-corrected chi connectivity index (χ0v) is 7.39. The third-order valence-corrected chi connectivity index (χ3v) is 1.26. The molecule has 0 aliphatic carbocycles. The quantitative estimate of drug-likeness (QED) is 0.270. The van der Waals surface area contributed by atoms with Crippen LogP contribution in [-0.2, 0) is 0 Å². The molecule has 4 N–H and O–H groups in total. The maximum absolute atomic E-state index is 6.30. The summed E-state index contributed by atoms with van der Waals surface area (Å²) in [5.41, 5.74) is 12.5. The van der Waals surface area contributed by atoms with Gasteiger partial charge in [-0.05, 0) is 31.3 Å². The van der Waals surface area contributed by atoms with E-state index in [4.69, 9.17) is 11.1 Å². The van der Waals surface area contributed by atoms with Crippen molar-refractivity contribution in [2.45, 2.75) is 0 Å². The molecule has 0 aliphatic heterocycles. The molecule has 0 saturated heterocycles. The van der Waals surface area contributed by atoms with Crippen LogP contribution >= 0.6 is 7.66 Å². The lowest BCUT2D eigenvalue weighted by molar-refractivity contribution is 0.862. The highest BCUT2D eigenvalue weighted by atomic mass is 31.1. The topological polar surface area (TPSA) is 197 Å². The van der Waals surface area contributed by atoms with Gasteiger partial charge < -0.3 is 5.84 Å². The van der Waals surface area contributed by atoms with Crippen LogP contribution in [-0.4, -0.2) is 0 Å². The van der Waals surface area contributed by atoms with Gasteiger partial charge in [-0.1, -0.05) is 19.8 Å². The summed E-state index contributed by atoms with van der Waals surface area (Å²) in [4.78, 5) is 9.93. The van der Waals surface area contributed by atoms with E-state index in [1.807, 2.05) is 0 Å². The molecule has 0 heterocycles. The molecule has 0 aromatic carbocycles. The van der Waals surface area contributed by atoms with Gasteiger partial charge in [-0.25, -0.2) is 0 Å². The lowest BCUT2D eigenvalue weighted by Crippen LogP contribution is -1.70. The first-order valence-corrected chi connectivity index (χ1v) is 3.91. The van der Waals surface area contributed by atoms with E-state index in [0.29, 0.717) is 0 Å². The normalized spacial score (nSPS) is 13.3. The zero-order chi connectivity index (χ0) is 10.6. The molecule has 0 rings (SSSR count). The van der Waals surface area contributed by atoms with Gasteiger partial charge >= 0.3 is 0 Å². The molecule has 0 fully saturated rings. The molecule has 13 nitrogen and oxygen atoms in total. The Kier molecular flexibility index (Phi) is 7.35. The predicted octanol–water partition coefficient (Wildman–Crippen LogP) is 2.70. The van der Waals surface area contributed by atoms with E-state index in [2.05, 4.69) is 57.0 Å². The van der Waals surface area contributed by atoms with E-state index in [0.717, 1.165) is 0 Å². The van der Waals surface area contributed by atoms with Gasteiger partial charge in [0.1, 0.15) is 0 Å². The lowest BCUT2D eigenvalue weighted by atomic mass is 12.5. The molecular formula is H4N13P. The maximum Gasteiger partial charge on any atom is 0.261 e. The first kappa shape index (κ1) is 11.7. The summed E-state index contributed by atoms with van der Waals surface area (Å²) in [6, 6.07) is 0. The number of rotatable bonds is 5. The van der Waals surface area contributed by atoms with Gasteiger partial charge in [-0.3, -0.25) is 0 Å². The molecule has 0 amide bonds. The van der Waals surface area contributed by atoms with Gasteiger partial charge in [0.15, 0.2) is 0 Å². The highest BCUT2D eigenvalue weighted by Gasteiger charge is 1.81. The van der Waals surface area contributed by atoms with E-state index in [1.165, 1.54) is 0 Å². The van der Waals surface area contributed by atoms with Crippen molar-refractivity contribution in [3.63, 3.8) is 0 Å². The minimum atomic E-state index is -1.83. The zero-order valence-electron chi connectivity index (χ0n) is 6.50. The number of nitrogens with two attached hydrogens (primary N) is 1. The van der Waals surface area contributed by atoms with Crippen molar-refractivity contribution in [2.75, 3.05) is 0 Å². The van der Waals surface area contributed by atoms with Crippen LogP contribution in [0.5, 0.6) is 0 Å². The van der Waals surface area contributed by atoms with Crippen molar-refractivity contribution < 1.29 is 0 Å². The minimum absolute atomic E-state index is 1.83. The van der Waals surface area contributed by atoms with Crippen LogP contribution in [0.25, 0.3) is 0 Å². The van der Waals surface area contributed by atoms with E-state index in [9.17, 15) is 0 Å². The summed E-state index contributed by atoms with van der Waals surface area (Å²) in [7, 11) is -1.83. The summed E-state index contributed by atoms with van der Waals surface area (Å²) in [6.45, 7) is 0. The van der Waals surface area contributed by atoms with Gasteiger partial charge in [0, 0.05) is 0 Å². The first-order chi connectivity index (χ1) is 6.85. The highest BCUT2D eigenvalue weighted by molar-refractivity contribution is 7.34. The molecule has 0 saturated carbocycles. The maximum atomic E-state index is 6.30. The Morgan fingerprint density at radius 2 is 1.50 bits per heavy atom. The third kappa shape index (κ3) is 6.41. The van der Waals surface area contributed by atoms with Crippen LogP contribution < -0.4 is 5.84 Å². The Labute approximate surface area is 76.7 Å². The number of nitrogens with one attached hydrogen (secondary N) is 2. The van der Waals surface area contributed by atoms with Crippen molar-refractivity contribution in [1.29, 1.82) is 11.1 Å². The summed E-state index contributed by atoms with van der Waals surface area (Å²) < 4.78 is 0. The number of hydrogen-bond acceptors (Lipinski definition) is 3. The second-order valence-corrected chi connectivity index (χ2v) is 2.28. The van der Waals surface area contributed by atoms with Crippen LogP contribution in [0.1, 0.15) is 0 Å². The molecule has 0 spiro atoms. The monoisotopic (exact) mass is 217 g/mol. The van der Waals surface area contributed by atoms with Crippen LogP contribution in [0.2, 0.25) is 0 Å². The minimum Gasteiger partial charge on any atom is -0.303 e. The predicted molar refractivity (Wildman–Crippen MR) is 40.8 cm³/mol. The SMILES string of the molecule is N=N/N=N/N=P(=N\N=N\N)\N=N\N=N. The summed E-state index contributed by atoms with van der Waals surface area (Å²) in [5, 5.41) is 19.8. The highest BCUT2D eigenvalue weighted by Crippen LogP contribution is 2.19. The number of nitrogens with zero attached hydrogens (tertiary/aromatic N) is 10. The molecule has 14 heavy (non-hydrogen) atoms. The fourth-order valence-corrected chi connectivity index (χ4v) is 0.686. The Balaban J connectivity index is 4.79. The molecule has 1 unspecified atom stereocenters. The summed E-state index contributed by atoms with van der Waals surface area (Å²) in [5.74, 6) is 4.66. The molecular weight excluding hydrogens is 213 g/mol. The van der Waals surface area contributed by atoms with Gasteiger partial charge in [-0.2, -0.15) is 11.1 Å². The first-order valence-electron chi connectivity index (χ1n) is 2.71. The van der Waals surface area contributed by atoms with Gasteiger partial charge in [0.05, 0.1) is 0 Å². The third-order valence-electron chi connectivity index (χ3n) is 0.541. The Morgan fingerprint density at radius 3 is 2.07 bits per heavy atom. The van der Waals surface area contributed by atoms with Crippen LogP contribution in [0, 0.1) is 11.1 Å². The van der Waals surface area contributed by atoms with Gasteiger partial charge in [0.2, 0.25) is 0 Å². The van der Waals surface area contributed by atoms with E-state index in [-0.39, 0.29) is 0 Å². The van der Waals surface area contributed by atoms with Crippen molar-refractivity contribution in [2.24, 2.45) is 57.0 Å². The largest absolute Gasteiger partial charge is 0.303 e. The van der Waals surface area contributed by atoms with E-state index in [1.54, 1.807) is 0 Å².